The van der Waals surface area contributed by atoms with Gasteiger partial charge in [-0.15, -0.1) is 11.3 Å². The van der Waals surface area contributed by atoms with Gasteiger partial charge in [0.25, 0.3) is 0 Å². The first-order valence-electron chi connectivity index (χ1n) is 6.97. The van der Waals surface area contributed by atoms with Crippen LogP contribution < -0.4 is 5.73 Å². The van der Waals surface area contributed by atoms with Crippen LogP contribution in [-0.2, 0) is 6.42 Å². The largest absolute Gasteiger partial charge is 0.461 e. The second-order valence-electron chi connectivity index (χ2n) is 5.36. The number of nitrogens with zero attached hydrogens (tertiary/aromatic N) is 1. The zero-order valence-corrected chi connectivity index (χ0v) is 12.2. The predicted molar refractivity (Wildman–Crippen MR) is 81.9 cm³/mol. The molecule has 102 valence electrons. The zero-order chi connectivity index (χ0) is 13.7. The molecule has 0 saturated heterocycles. The minimum atomic E-state index is 0.156. The van der Waals surface area contributed by atoms with E-state index in [2.05, 4.69) is 6.07 Å². The maximum Gasteiger partial charge on any atom is 0.135 e. The molecule has 4 heteroatoms. The Kier molecular flexibility index (Phi) is 2.69. The lowest BCUT2D eigenvalue weighted by molar-refractivity contribution is 0.573. The fourth-order valence-electron chi connectivity index (χ4n) is 2.99. The van der Waals surface area contributed by atoms with Crippen molar-refractivity contribution < 1.29 is 4.42 Å². The molecule has 1 unspecified atom stereocenters. The summed E-state index contributed by atoms with van der Waals surface area (Å²) in [6.45, 7) is 2.01. The van der Waals surface area contributed by atoms with Crippen molar-refractivity contribution in [3.63, 3.8) is 0 Å². The molecule has 0 saturated carbocycles. The number of hydrogen-bond acceptors (Lipinski definition) is 4. The number of hydrogen-bond donors (Lipinski definition) is 1. The van der Waals surface area contributed by atoms with Gasteiger partial charge in [0.1, 0.15) is 16.4 Å². The molecule has 3 aromatic rings. The van der Waals surface area contributed by atoms with Crippen molar-refractivity contribution in [2.24, 2.45) is 5.73 Å². The molecule has 0 bridgehead atoms. The number of benzene rings is 1. The van der Waals surface area contributed by atoms with Crippen molar-refractivity contribution in [1.29, 1.82) is 0 Å². The predicted octanol–water partition coefficient (Wildman–Crippen LogP) is 4.20. The zero-order valence-electron chi connectivity index (χ0n) is 11.3. The second-order valence-corrected chi connectivity index (χ2v) is 6.39. The summed E-state index contributed by atoms with van der Waals surface area (Å²) in [6, 6.07) is 8.30. The molecule has 0 spiro atoms. The lowest BCUT2D eigenvalue weighted by Crippen LogP contribution is -2.15. The first-order valence-corrected chi connectivity index (χ1v) is 7.79. The molecule has 1 atom stereocenters. The highest BCUT2D eigenvalue weighted by Gasteiger charge is 2.24. The number of para-hydroxylation sites is 1. The molecule has 0 fully saturated rings. The van der Waals surface area contributed by atoms with E-state index in [9.17, 15) is 0 Å². The Morgan fingerprint density at radius 2 is 2.20 bits per heavy atom. The summed E-state index contributed by atoms with van der Waals surface area (Å²) in [7, 11) is 0. The minimum Gasteiger partial charge on any atom is -0.461 e. The number of nitrogens with two attached hydrogens (primary N) is 1. The van der Waals surface area contributed by atoms with Gasteiger partial charge in [-0.1, -0.05) is 18.2 Å². The number of furan rings is 1. The van der Waals surface area contributed by atoms with Crippen LogP contribution in [0.15, 0.2) is 28.7 Å². The van der Waals surface area contributed by atoms with Crippen molar-refractivity contribution in [2.75, 3.05) is 0 Å². The van der Waals surface area contributed by atoms with Gasteiger partial charge in [-0.25, -0.2) is 4.98 Å². The van der Waals surface area contributed by atoms with Crippen molar-refractivity contribution >= 4 is 22.3 Å². The van der Waals surface area contributed by atoms with Gasteiger partial charge in [0.05, 0.1) is 11.3 Å². The van der Waals surface area contributed by atoms with Crippen LogP contribution in [0.3, 0.4) is 0 Å². The van der Waals surface area contributed by atoms with E-state index in [1.54, 1.807) is 11.3 Å². The van der Waals surface area contributed by atoms with E-state index in [1.165, 1.54) is 10.6 Å². The monoisotopic (exact) mass is 284 g/mol. The van der Waals surface area contributed by atoms with Crippen LogP contribution in [0.2, 0.25) is 0 Å². The molecule has 0 radical (unpaired) electrons. The van der Waals surface area contributed by atoms with Crippen molar-refractivity contribution in [3.05, 3.63) is 40.6 Å². The minimum absolute atomic E-state index is 0.156. The van der Waals surface area contributed by atoms with Crippen molar-refractivity contribution in [1.82, 2.24) is 4.98 Å². The van der Waals surface area contributed by atoms with Crippen LogP contribution in [0, 0.1) is 6.92 Å². The first kappa shape index (κ1) is 12.1. The average Bonchev–Trinajstić information content (AvgIpc) is 2.99. The molecule has 1 aliphatic rings. The van der Waals surface area contributed by atoms with E-state index in [0.717, 1.165) is 46.6 Å². The Balaban J connectivity index is 1.93. The van der Waals surface area contributed by atoms with Crippen molar-refractivity contribution in [2.45, 2.75) is 32.2 Å². The molecule has 2 N–H and O–H groups in total. The van der Waals surface area contributed by atoms with E-state index in [1.807, 2.05) is 25.1 Å². The molecule has 1 aromatic carbocycles. The molecular formula is C16H16N2OS. The normalized spacial score (nSPS) is 18.4. The van der Waals surface area contributed by atoms with Gasteiger partial charge in [0, 0.05) is 16.3 Å². The van der Waals surface area contributed by atoms with Gasteiger partial charge in [-0.3, -0.25) is 0 Å². The van der Waals surface area contributed by atoms with Crippen LogP contribution in [0.4, 0.5) is 0 Å². The summed E-state index contributed by atoms with van der Waals surface area (Å²) in [6.07, 6.45) is 3.26. The molecule has 0 aliphatic heterocycles. The van der Waals surface area contributed by atoms with Gasteiger partial charge in [0.2, 0.25) is 0 Å². The fourth-order valence-corrected chi connectivity index (χ4v) is 4.25. The molecule has 1 aliphatic carbocycles. The van der Waals surface area contributed by atoms with E-state index >= 15 is 0 Å². The lowest BCUT2D eigenvalue weighted by Gasteiger charge is -2.15. The highest BCUT2D eigenvalue weighted by molar-refractivity contribution is 7.15. The van der Waals surface area contributed by atoms with Gasteiger partial charge in [-0.2, -0.15) is 0 Å². The van der Waals surface area contributed by atoms with Crippen molar-refractivity contribution in [3.8, 4) is 10.6 Å². The Morgan fingerprint density at radius 1 is 1.35 bits per heavy atom. The van der Waals surface area contributed by atoms with Crippen LogP contribution in [0.1, 0.15) is 35.2 Å². The lowest BCUT2D eigenvalue weighted by atomic mass is 9.99. The van der Waals surface area contributed by atoms with E-state index in [-0.39, 0.29) is 6.04 Å². The number of aromatic nitrogens is 1. The maximum atomic E-state index is 6.21. The maximum absolute atomic E-state index is 6.21. The summed E-state index contributed by atoms with van der Waals surface area (Å²) in [5, 5.41) is 2.19. The van der Waals surface area contributed by atoms with E-state index in [4.69, 9.17) is 15.1 Å². The molecular weight excluding hydrogens is 268 g/mol. The fraction of sp³-hybridized carbons (Fsp3) is 0.312. The Morgan fingerprint density at radius 3 is 3.05 bits per heavy atom. The SMILES string of the molecule is Cc1oc2ccccc2c1-c1nc2c(s1)C(N)CCC2. The molecule has 0 amide bonds. The summed E-state index contributed by atoms with van der Waals surface area (Å²) >= 11 is 1.73. The summed E-state index contributed by atoms with van der Waals surface area (Å²) in [4.78, 5) is 6.09. The standard InChI is InChI=1S/C16H16N2OS/c1-9-14(10-5-2-3-8-13(10)19-9)16-18-12-7-4-6-11(17)15(12)20-16/h2-3,5,8,11H,4,6-7,17H2,1H3. The van der Waals surface area contributed by atoms with Crippen LogP contribution in [0.25, 0.3) is 21.5 Å². The third-order valence-corrected chi connectivity index (χ3v) is 5.23. The molecule has 2 aromatic heterocycles. The molecule has 3 nitrogen and oxygen atoms in total. The Labute approximate surface area is 121 Å². The Hall–Kier alpha value is -1.65. The molecule has 20 heavy (non-hydrogen) atoms. The third-order valence-electron chi connectivity index (χ3n) is 3.98. The van der Waals surface area contributed by atoms with E-state index in [0.29, 0.717) is 0 Å². The number of aryl methyl sites for hydroxylation is 2. The second kappa shape index (κ2) is 4.43. The summed E-state index contributed by atoms with van der Waals surface area (Å²) < 4.78 is 5.85. The number of rotatable bonds is 1. The smallest absolute Gasteiger partial charge is 0.135 e. The van der Waals surface area contributed by atoms with Crippen LogP contribution in [-0.4, -0.2) is 4.98 Å². The third kappa shape index (κ3) is 1.72. The highest BCUT2D eigenvalue weighted by Crippen LogP contribution is 2.41. The number of fused-ring (bicyclic) bond motifs is 2. The van der Waals surface area contributed by atoms with Gasteiger partial charge in [0.15, 0.2) is 0 Å². The molecule has 2 heterocycles. The summed E-state index contributed by atoms with van der Waals surface area (Å²) in [5.74, 6) is 0.936. The van der Waals surface area contributed by atoms with Crippen LogP contribution in [0.5, 0.6) is 0 Å². The van der Waals surface area contributed by atoms with Gasteiger partial charge >= 0.3 is 0 Å². The Bertz CT molecular complexity index is 787. The number of thiazole rings is 1. The topological polar surface area (TPSA) is 52.0 Å². The first-order chi connectivity index (χ1) is 9.74. The highest BCUT2D eigenvalue weighted by atomic mass is 32.1. The average molecular weight is 284 g/mol. The molecule has 4 rings (SSSR count). The van der Waals surface area contributed by atoms with Gasteiger partial charge in [-0.05, 0) is 32.3 Å². The van der Waals surface area contributed by atoms with Gasteiger partial charge < -0.3 is 10.2 Å². The van der Waals surface area contributed by atoms with Crippen LogP contribution >= 0.6 is 11.3 Å². The summed E-state index contributed by atoms with van der Waals surface area (Å²) in [5.41, 5.74) is 9.46. The van der Waals surface area contributed by atoms with E-state index < -0.39 is 0 Å². The quantitative estimate of drug-likeness (QED) is 0.728.